The van der Waals surface area contributed by atoms with Crippen LogP contribution in [0.15, 0.2) is 48.9 Å². The van der Waals surface area contributed by atoms with Crippen molar-refractivity contribution in [2.24, 2.45) is 7.05 Å². The second-order valence-corrected chi connectivity index (χ2v) is 6.72. The molecule has 8 nitrogen and oxygen atoms in total. The highest BCUT2D eigenvalue weighted by molar-refractivity contribution is 5.79. The number of aromatic nitrogens is 4. The second-order valence-electron chi connectivity index (χ2n) is 6.72. The zero-order valence-electron chi connectivity index (χ0n) is 17.3. The fourth-order valence-corrected chi connectivity index (χ4v) is 3.36. The normalized spacial score (nSPS) is 10.8. The fraction of sp³-hybridized carbons (Fsp3) is 0.227. The largest absolute Gasteiger partial charge is 0.493 e. The first-order chi connectivity index (χ1) is 14.6. The summed E-state index contributed by atoms with van der Waals surface area (Å²) in [5.74, 6) is 3.32. The monoisotopic (exact) mass is 405 g/mol. The van der Waals surface area contributed by atoms with E-state index in [4.69, 9.17) is 19.2 Å². The van der Waals surface area contributed by atoms with Crippen LogP contribution >= 0.6 is 0 Å². The van der Waals surface area contributed by atoms with Gasteiger partial charge in [-0.2, -0.15) is 0 Å². The lowest BCUT2D eigenvalue weighted by atomic mass is 10.2. The maximum Gasteiger partial charge on any atom is 0.203 e. The van der Waals surface area contributed by atoms with E-state index in [1.165, 1.54) is 0 Å². The Morgan fingerprint density at radius 2 is 1.77 bits per heavy atom. The van der Waals surface area contributed by atoms with Gasteiger partial charge in [0.25, 0.3) is 0 Å². The number of imidazole rings is 1. The Morgan fingerprint density at radius 1 is 1.00 bits per heavy atom. The van der Waals surface area contributed by atoms with Crippen molar-refractivity contribution >= 4 is 22.5 Å². The minimum atomic E-state index is 0.542. The van der Waals surface area contributed by atoms with E-state index >= 15 is 0 Å². The first-order valence-corrected chi connectivity index (χ1v) is 9.40. The number of aryl methyl sites for hydroxylation is 1. The minimum absolute atomic E-state index is 0.542. The SMILES string of the molecule is COc1cc(Nc2cc3c(cn2)nc(Cc2cccnc2)n3C)cc(OC)c1OC. The summed E-state index contributed by atoms with van der Waals surface area (Å²) >= 11 is 0. The molecule has 3 aromatic heterocycles. The Labute approximate surface area is 174 Å². The molecule has 0 radical (unpaired) electrons. The van der Waals surface area contributed by atoms with Crippen molar-refractivity contribution in [1.29, 1.82) is 0 Å². The first-order valence-electron chi connectivity index (χ1n) is 9.40. The summed E-state index contributed by atoms with van der Waals surface area (Å²) in [6.45, 7) is 0. The van der Waals surface area contributed by atoms with Crippen LogP contribution < -0.4 is 19.5 Å². The first kappa shape index (κ1) is 19.5. The summed E-state index contributed by atoms with van der Waals surface area (Å²) in [5.41, 5.74) is 3.71. The number of hydrogen-bond donors (Lipinski definition) is 1. The molecule has 1 N–H and O–H groups in total. The van der Waals surface area contributed by atoms with Crippen molar-refractivity contribution in [3.8, 4) is 17.2 Å². The van der Waals surface area contributed by atoms with Gasteiger partial charge < -0.3 is 24.1 Å². The van der Waals surface area contributed by atoms with Gasteiger partial charge in [0.15, 0.2) is 11.5 Å². The molecule has 3 heterocycles. The highest BCUT2D eigenvalue weighted by Gasteiger charge is 2.14. The molecular weight excluding hydrogens is 382 g/mol. The number of hydrogen-bond acceptors (Lipinski definition) is 7. The number of methoxy groups -OCH3 is 3. The van der Waals surface area contributed by atoms with Crippen LogP contribution in [-0.4, -0.2) is 40.8 Å². The summed E-state index contributed by atoms with van der Waals surface area (Å²) in [7, 11) is 6.76. The van der Waals surface area contributed by atoms with Gasteiger partial charge in [0.2, 0.25) is 5.75 Å². The van der Waals surface area contributed by atoms with E-state index in [2.05, 4.69) is 19.9 Å². The molecule has 1 aromatic carbocycles. The van der Waals surface area contributed by atoms with Crippen LogP contribution in [0.3, 0.4) is 0 Å². The van der Waals surface area contributed by atoms with Gasteiger partial charge in [-0.05, 0) is 11.6 Å². The average Bonchev–Trinajstić information content (AvgIpc) is 3.08. The molecule has 0 aliphatic rings. The molecule has 0 unspecified atom stereocenters. The van der Waals surface area contributed by atoms with Crippen LogP contribution in [0.4, 0.5) is 11.5 Å². The molecule has 0 bridgehead atoms. The number of rotatable bonds is 7. The van der Waals surface area contributed by atoms with Gasteiger partial charge in [0, 0.05) is 49.7 Å². The minimum Gasteiger partial charge on any atom is -0.493 e. The van der Waals surface area contributed by atoms with Crippen molar-refractivity contribution in [2.45, 2.75) is 6.42 Å². The van der Waals surface area contributed by atoms with Crippen LogP contribution in [0.1, 0.15) is 11.4 Å². The molecule has 154 valence electrons. The third-order valence-electron chi connectivity index (χ3n) is 4.88. The summed E-state index contributed by atoms with van der Waals surface area (Å²) in [6.07, 6.45) is 6.09. The molecule has 0 saturated carbocycles. The summed E-state index contributed by atoms with van der Waals surface area (Å²) in [6, 6.07) is 9.62. The molecule has 0 atom stereocenters. The molecule has 0 amide bonds. The van der Waals surface area contributed by atoms with Gasteiger partial charge in [0.05, 0.1) is 33.0 Å². The third-order valence-corrected chi connectivity index (χ3v) is 4.88. The summed E-state index contributed by atoms with van der Waals surface area (Å²) in [4.78, 5) is 13.4. The van der Waals surface area contributed by atoms with E-state index in [-0.39, 0.29) is 0 Å². The molecule has 0 saturated heterocycles. The average molecular weight is 405 g/mol. The van der Waals surface area contributed by atoms with Gasteiger partial charge in [-0.3, -0.25) is 4.98 Å². The third kappa shape index (κ3) is 3.71. The predicted molar refractivity (Wildman–Crippen MR) is 115 cm³/mol. The van der Waals surface area contributed by atoms with Gasteiger partial charge in [0.1, 0.15) is 17.2 Å². The Bertz CT molecular complexity index is 1150. The predicted octanol–water partition coefficient (Wildman–Crippen LogP) is 3.72. The molecule has 4 aromatic rings. The van der Waals surface area contributed by atoms with Gasteiger partial charge in [-0.15, -0.1) is 0 Å². The number of fused-ring (bicyclic) bond motifs is 1. The van der Waals surface area contributed by atoms with Crippen LogP contribution in [0, 0.1) is 0 Å². The van der Waals surface area contributed by atoms with Crippen molar-refractivity contribution in [1.82, 2.24) is 19.5 Å². The molecule has 0 aliphatic heterocycles. The Morgan fingerprint density at radius 3 is 2.40 bits per heavy atom. The maximum atomic E-state index is 5.42. The summed E-state index contributed by atoms with van der Waals surface area (Å²) in [5, 5.41) is 3.31. The highest BCUT2D eigenvalue weighted by atomic mass is 16.5. The lowest BCUT2D eigenvalue weighted by Crippen LogP contribution is -2.00. The van der Waals surface area contributed by atoms with E-state index < -0.39 is 0 Å². The number of anilines is 2. The zero-order valence-corrected chi connectivity index (χ0v) is 17.3. The number of ether oxygens (including phenoxy) is 3. The van der Waals surface area contributed by atoms with Crippen molar-refractivity contribution in [3.63, 3.8) is 0 Å². The van der Waals surface area contributed by atoms with E-state index in [0.29, 0.717) is 29.5 Å². The van der Waals surface area contributed by atoms with E-state index in [1.807, 2.05) is 43.6 Å². The standard InChI is InChI=1S/C22H23N5O3/c1-27-17-11-20(25-15-9-18(28-2)22(30-4)19(10-15)29-3)24-13-16(17)26-21(27)8-14-6-5-7-23-12-14/h5-7,9-13H,8H2,1-4H3,(H,24,25). The Hall–Kier alpha value is -3.81. The smallest absolute Gasteiger partial charge is 0.203 e. The van der Waals surface area contributed by atoms with Crippen LogP contribution in [0.25, 0.3) is 11.0 Å². The van der Waals surface area contributed by atoms with Gasteiger partial charge in [-0.1, -0.05) is 6.07 Å². The molecule has 8 heteroatoms. The quantitative estimate of drug-likeness (QED) is 0.502. The zero-order chi connectivity index (χ0) is 21.1. The molecule has 4 rings (SSSR count). The lowest BCUT2D eigenvalue weighted by Gasteiger charge is -2.15. The number of benzene rings is 1. The molecule has 30 heavy (non-hydrogen) atoms. The molecule has 0 aliphatic carbocycles. The molecule has 0 spiro atoms. The highest BCUT2D eigenvalue weighted by Crippen LogP contribution is 2.40. The van der Waals surface area contributed by atoms with Gasteiger partial charge >= 0.3 is 0 Å². The van der Waals surface area contributed by atoms with E-state index in [1.54, 1.807) is 33.7 Å². The van der Waals surface area contributed by atoms with Crippen molar-refractivity contribution in [3.05, 3.63) is 60.3 Å². The van der Waals surface area contributed by atoms with Crippen LogP contribution in [0.5, 0.6) is 17.2 Å². The van der Waals surface area contributed by atoms with Crippen molar-refractivity contribution < 1.29 is 14.2 Å². The van der Waals surface area contributed by atoms with Crippen LogP contribution in [0.2, 0.25) is 0 Å². The number of nitrogens with one attached hydrogen (secondary N) is 1. The summed E-state index contributed by atoms with van der Waals surface area (Å²) < 4.78 is 18.3. The fourth-order valence-electron chi connectivity index (χ4n) is 3.36. The number of pyridine rings is 2. The topological polar surface area (TPSA) is 83.3 Å². The second kappa shape index (κ2) is 8.28. The Kier molecular flexibility index (Phi) is 5.38. The van der Waals surface area contributed by atoms with E-state index in [0.717, 1.165) is 28.1 Å². The molecular formula is C22H23N5O3. The van der Waals surface area contributed by atoms with Gasteiger partial charge in [-0.25, -0.2) is 9.97 Å². The Balaban J connectivity index is 1.65. The lowest BCUT2D eigenvalue weighted by molar-refractivity contribution is 0.324. The number of nitrogens with zero attached hydrogens (tertiary/aromatic N) is 4. The van der Waals surface area contributed by atoms with Crippen LogP contribution in [-0.2, 0) is 13.5 Å². The van der Waals surface area contributed by atoms with E-state index in [9.17, 15) is 0 Å². The van der Waals surface area contributed by atoms with Crippen molar-refractivity contribution in [2.75, 3.05) is 26.6 Å². The molecule has 0 fully saturated rings. The maximum absolute atomic E-state index is 5.42.